The summed E-state index contributed by atoms with van der Waals surface area (Å²) in [5, 5.41) is 10.1. The second-order valence-corrected chi connectivity index (χ2v) is 15.9. The van der Waals surface area contributed by atoms with Gasteiger partial charge in [0.05, 0.1) is 0 Å². The highest BCUT2D eigenvalue weighted by molar-refractivity contribution is 8.76. The number of amides is 3. The highest BCUT2D eigenvalue weighted by Gasteiger charge is 2.33. The maximum Gasteiger partial charge on any atom is 0.261 e. The minimum Gasteiger partial charge on any atom is -0.384 e. The second-order valence-electron chi connectivity index (χ2n) is 13.2. The van der Waals surface area contributed by atoms with Crippen LogP contribution in [-0.2, 0) is 0 Å². The zero-order valence-electron chi connectivity index (χ0n) is 30.2. The van der Waals surface area contributed by atoms with E-state index in [0.29, 0.717) is 52.2 Å². The van der Waals surface area contributed by atoms with Gasteiger partial charge in [0.2, 0.25) is 0 Å². The predicted molar refractivity (Wildman–Crippen MR) is 214 cm³/mol. The van der Waals surface area contributed by atoms with Crippen molar-refractivity contribution >= 4 is 78.5 Å². The van der Waals surface area contributed by atoms with Gasteiger partial charge in [0.1, 0.15) is 0 Å². The van der Waals surface area contributed by atoms with Crippen molar-refractivity contribution in [3.05, 3.63) is 82.9 Å². The van der Waals surface area contributed by atoms with Crippen molar-refractivity contribution in [2.45, 2.75) is 12.8 Å². The smallest absolute Gasteiger partial charge is 0.261 e. The van der Waals surface area contributed by atoms with Crippen molar-refractivity contribution in [1.82, 2.24) is 19.6 Å². The monoisotopic (exact) mass is 728 g/mol. The Balaban J connectivity index is 1.14. The van der Waals surface area contributed by atoms with Gasteiger partial charge in [0.15, 0.2) is 6.29 Å². The van der Waals surface area contributed by atoms with E-state index in [9.17, 15) is 19.2 Å². The Morgan fingerprint density at radius 3 is 1.90 bits per heavy atom. The van der Waals surface area contributed by atoms with Crippen LogP contribution < -0.4 is 10.6 Å². The van der Waals surface area contributed by atoms with Crippen molar-refractivity contribution in [3.8, 4) is 0 Å². The molecule has 0 radical (unpaired) electrons. The van der Waals surface area contributed by atoms with E-state index in [0.717, 1.165) is 72.8 Å². The average Bonchev–Trinajstić information content (AvgIpc) is 3.12. The van der Waals surface area contributed by atoms with Crippen LogP contribution >= 0.6 is 21.6 Å². The van der Waals surface area contributed by atoms with E-state index in [2.05, 4.69) is 20.4 Å². The number of hydrogen-bond donors (Lipinski definition) is 2. The molecule has 0 fully saturated rings. The quantitative estimate of drug-likeness (QED) is 0.0496. The highest BCUT2D eigenvalue weighted by atomic mass is 33.1. The summed E-state index contributed by atoms with van der Waals surface area (Å²) in [6.07, 6.45) is 2.75. The third-order valence-electron chi connectivity index (χ3n) is 8.96. The molecule has 0 aliphatic carbocycles. The van der Waals surface area contributed by atoms with Crippen molar-refractivity contribution < 1.29 is 19.2 Å². The number of nitrogens with one attached hydrogen (secondary N) is 2. The van der Waals surface area contributed by atoms with Crippen molar-refractivity contribution in [2.24, 2.45) is 0 Å². The number of carbonyl (C=O) groups excluding carboxylic acids is 4. The predicted octanol–water partition coefficient (Wildman–Crippen LogP) is 6.28. The molecule has 0 aromatic heterocycles. The normalized spacial score (nSPS) is 12.7. The number of benzene rings is 4. The SMILES string of the molecule is CN(C)CCCNc1ccc(C(=O)N(C)CCSSCCN2C(=O)c3cccc4c(NCCCN(C)C)ccc(c34)C2=O)c2c(C=O)cccc12. The third kappa shape index (κ3) is 9.04. The van der Waals surface area contributed by atoms with Gasteiger partial charge in [0.25, 0.3) is 17.7 Å². The summed E-state index contributed by atoms with van der Waals surface area (Å²) >= 11 is 0. The fraction of sp³-hybridized carbons (Fsp3) is 0.385. The van der Waals surface area contributed by atoms with Gasteiger partial charge in [-0.05, 0) is 84.5 Å². The lowest BCUT2D eigenvalue weighted by Crippen LogP contribution is -2.41. The molecule has 0 unspecified atom stereocenters. The fourth-order valence-electron chi connectivity index (χ4n) is 6.33. The Hall–Kier alpha value is -4.10. The van der Waals surface area contributed by atoms with E-state index < -0.39 is 0 Å². The van der Waals surface area contributed by atoms with E-state index >= 15 is 0 Å². The minimum atomic E-state index is -0.268. The molecule has 51 heavy (non-hydrogen) atoms. The first-order valence-electron chi connectivity index (χ1n) is 17.3. The molecule has 12 heteroatoms. The van der Waals surface area contributed by atoms with Crippen LogP contribution in [-0.4, -0.2) is 130 Å². The summed E-state index contributed by atoms with van der Waals surface area (Å²) in [6.45, 7) is 4.29. The minimum absolute atomic E-state index is 0.150. The standard InChI is InChI=1S/C39H48N6O4S2/c1-42(2)20-8-18-40-33-16-14-31(35-27(26-46)10-6-11-28(33)35)37(47)44(5)22-24-50-51-25-23-45-38(48)30-13-7-12-29-34(41-19-9-21-43(3)4)17-15-32(36(29)30)39(45)49/h6-7,10-17,26,40-41H,8-9,18-25H2,1-5H3. The lowest BCUT2D eigenvalue weighted by molar-refractivity contribution is 0.0620. The summed E-state index contributed by atoms with van der Waals surface area (Å²) in [5.74, 6) is 0.535. The first-order valence-corrected chi connectivity index (χ1v) is 19.8. The number of anilines is 2. The van der Waals surface area contributed by atoms with Crippen LogP contribution in [0.2, 0.25) is 0 Å². The molecule has 10 nitrogen and oxygen atoms in total. The van der Waals surface area contributed by atoms with Gasteiger partial charge in [-0.15, -0.1) is 0 Å². The molecule has 3 amide bonds. The van der Waals surface area contributed by atoms with Gasteiger partial charge in [-0.2, -0.15) is 0 Å². The maximum absolute atomic E-state index is 13.6. The molecule has 0 bridgehead atoms. The fourth-order valence-corrected chi connectivity index (χ4v) is 8.33. The van der Waals surface area contributed by atoms with Gasteiger partial charge >= 0.3 is 0 Å². The average molecular weight is 729 g/mol. The lowest BCUT2D eigenvalue weighted by atomic mass is 9.93. The number of carbonyl (C=O) groups is 4. The number of nitrogens with zero attached hydrogens (tertiary/aromatic N) is 4. The molecule has 4 aromatic rings. The van der Waals surface area contributed by atoms with Gasteiger partial charge in [-0.25, -0.2) is 0 Å². The van der Waals surface area contributed by atoms with Crippen molar-refractivity contribution in [3.63, 3.8) is 0 Å². The molecule has 0 atom stereocenters. The molecule has 0 saturated heterocycles. The van der Waals surface area contributed by atoms with Gasteiger partial charge < -0.3 is 25.3 Å². The molecule has 0 saturated carbocycles. The summed E-state index contributed by atoms with van der Waals surface area (Å²) in [6, 6.07) is 18.7. The largest absolute Gasteiger partial charge is 0.384 e. The molecule has 2 N–H and O–H groups in total. The van der Waals surface area contributed by atoms with Crippen LogP contribution in [0.15, 0.2) is 60.7 Å². The van der Waals surface area contributed by atoms with Crippen LogP contribution in [0.1, 0.15) is 54.3 Å². The second kappa shape index (κ2) is 17.9. The first-order chi connectivity index (χ1) is 24.6. The van der Waals surface area contributed by atoms with E-state index in [1.807, 2.05) is 70.7 Å². The van der Waals surface area contributed by atoms with E-state index in [1.165, 1.54) is 4.90 Å². The van der Waals surface area contributed by atoms with E-state index in [4.69, 9.17) is 0 Å². The summed E-state index contributed by atoms with van der Waals surface area (Å²) < 4.78 is 0. The topological polar surface area (TPSA) is 105 Å². The van der Waals surface area contributed by atoms with Gasteiger partial charge in [0, 0.05) is 99.9 Å². The molecular weight excluding hydrogens is 681 g/mol. The Kier molecular flexibility index (Phi) is 13.4. The third-order valence-corrected chi connectivity index (χ3v) is 11.3. The van der Waals surface area contributed by atoms with Crippen LogP contribution in [0.4, 0.5) is 11.4 Å². The molecule has 1 aliphatic heterocycles. The number of hydrogen-bond acceptors (Lipinski definition) is 10. The Morgan fingerprint density at radius 1 is 0.706 bits per heavy atom. The number of aldehydes is 1. The Bertz CT molecular complexity index is 1880. The van der Waals surface area contributed by atoms with Crippen LogP contribution in [0, 0.1) is 0 Å². The van der Waals surface area contributed by atoms with Crippen molar-refractivity contribution in [1.29, 1.82) is 0 Å². The number of rotatable bonds is 19. The Morgan fingerprint density at radius 2 is 1.27 bits per heavy atom. The summed E-state index contributed by atoms with van der Waals surface area (Å²) in [7, 11) is 13.1. The Labute approximate surface area is 308 Å². The molecule has 1 heterocycles. The van der Waals surface area contributed by atoms with E-state index in [-0.39, 0.29) is 17.7 Å². The van der Waals surface area contributed by atoms with Gasteiger partial charge in [-0.3, -0.25) is 24.1 Å². The zero-order valence-corrected chi connectivity index (χ0v) is 31.8. The zero-order chi connectivity index (χ0) is 36.5. The molecule has 5 rings (SSSR count). The molecule has 4 aromatic carbocycles. The van der Waals surface area contributed by atoms with Crippen LogP contribution in [0.3, 0.4) is 0 Å². The molecular formula is C39H48N6O4S2. The van der Waals surface area contributed by atoms with Crippen LogP contribution in [0.5, 0.6) is 0 Å². The molecule has 270 valence electrons. The number of imide groups is 1. The molecule has 0 spiro atoms. The lowest BCUT2D eigenvalue weighted by Gasteiger charge is -2.28. The summed E-state index contributed by atoms with van der Waals surface area (Å²) in [4.78, 5) is 60.0. The first kappa shape index (κ1) is 38.1. The summed E-state index contributed by atoms with van der Waals surface area (Å²) in [5.41, 5.74) is 3.91. The highest BCUT2D eigenvalue weighted by Crippen LogP contribution is 2.35. The molecule has 1 aliphatic rings. The maximum atomic E-state index is 13.6. The van der Waals surface area contributed by atoms with Crippen LogP contribution in [0.25, 0.3) is 21.5 Å². The van der Waals surface area contributed by atoms with Gasteiger partial charge in [-0.1, -0.05) is 51.9 Å². The van der Waals surface area contributed by atoms with Crippen molar-refractivity contribution in [2.75, 3.05) is 96.6 Å². The number of fused-ring (bicyclic) bond motifs is 1. The van der Waals surface area contributed by atoms with E-state index in [1.54, 1.807) is 51.7 Å².